The second-order valence-corrected chi connectivity index (χ2v) is 4.05. The molecule has 0 amide bonds. The van der Waals surface area contributed by atoms with Gasteiger partial charge in [-0.3, -0.25) is 0 Å². The van der Waals surface area contributed by atoms with E-state index in [-0.39, 0.29) is 0 Å². The first kappa shape index (κ1) is 8.10. The molecule has 0 nitrogen and oxygen atoms in total. The molecule has 0 heterocycles. The molecule has 0 aromatic carbocycles. The summed E-state index contributed by atoms with van der Waals surface area (Å²) >= 11 is 0. The molecule has 1 aliphatic carbocycles. The molecule has 0 spiro atoms. The van der Waals surface area contributed by atoms with E-state index >= 15 is 0 Å². The predicted octanol–water partition coefficient (Wildman–Crippen LogP) is 3.61. The van der Waals surface area contributed by atoms with E-state index in [2.05, 4.69) is 20.8 Å². The molecule has 0 heteroatoms. The van der Waals surface area contributed by atoms with Crippen molar-refractivity contribution in [1.82, 2.24) is 0 Å². The van der Waals surface area contributed by atoms with E-state index in [0.29, 0.717) is 0 Å². The van der Waals surface area contributed by atoms with Gasteiger partial charge in [0.2, 0.25) is 0 Å². The maximum atomic E-state index is 2.47. The molecule has 60 valence electrons. The molecule has 1 aliphatic rings. The third-order valence-electron chi connectivity index (χ3n) is 3.36. The zero-order valence-electron chi connectivity index (χ0n) is 7.61. The summed E-state index contributed by atoms with van der Waals surface area (Å²) in [6, 6.07) is 0. The van der Waals surface area contributed by atoms with Crippen molar-refractivity contribution in [2.75, 3.05) is 0 Å². The molecule has 10 heavy (non-hydrogen) atoms. The molecule has 1 saturated carbocycles. The van der Waals surface area contributed by atoms with Crippen molar-refractivity contribution in [3.63, 3.8) is 0 Å². The molecule has 0 bridgehead atoms. The minimum Gasteiger partial charge on any atom is -0.0654 e. The van der Waals surface area contributed by atoms with Crippen molar-refractivity contribution < 1.29 is 0 Å². The van der Waals surface area contributed by atoms with Gasteiger partial charge in [-0.25, -0.2) is 0 Å². The Morgan fingerprint density at radius 3 is 2.40 bits per heavy atom. The maximum Gasteiger partial charge on any atom is -0.0298 e. The Hall–Kier alpha value is 0. The topological polar surface area (TPSA) is 0 Å². The molecule has 0 aromatic rings. The van der Waals surface area contributed by atoms with Crippen molar-refractivity contribution in [2.45, 2.75) is 52.9 Å². The standard InChI is InChI=1S/C10H20/c1-4-7-10(3)8-6-9(10)5-2/h9H,4-8H2,1-3H3. The molecule has 0 N–H and O–H groups in total. The summed E-state index contributed by atoms with van der Waals surface area (Å²) < 4.78 is 0. The van der Waals surface area contributed by atoms with Gasteiger partial charge in [0.05, 0.1) is 0 Å². The Morgan fingerprint density at radius 1 is 1.40 bits per heavy atom. The van der Waals surface area contributed by atoms with Crippen LogP contribution in [0.4, 0.5) is 0 Å². The number of rotatable bonds is 3. The summed E-state index contributed by atoms with van der Waals surface area (Å²) in [6.07, 6.45) is 7.20. The van der Waals surface area contributed by atoms with E-state index in [1.807, 2.05) is 0 Å². The van der Waals surface area contributed by atoms with Gasteiger partial charge in [-0.1, -0.05) is 33.6 Å². The fourth-order valence-corrected chi connectivity index (χ4v) is 2.44. The Balaban J connectivity index is 2.36. The van der Waals surface area contributed by atoms with Gasteiger partial charge in [0.15, 0.2) is 0 Å². The number of hydrogen-bond donors (Lipinski definition) is 0. The number of hydrogen-bond acceptors (Lipinski definition) is 0. The average molecular weight is 140 g/mol. The Bertz CT molecular complexity index is 105. The molecule has 0 saturated heterocycles. The smallest absolute Gasteiger partial charge is 0.0298 e. The van der Waals surface area contributed by atoms with Crippen LogP contribution in [-0.4, -0.2) is 0 Å². The SMILES string of the molecule is CCCC1(C)CCC1CC. The van der Waals surface area contributed by atoms with Crippen LogP contribution in [0.15, 0.2) is 0 Å². The van der Waals surface area contributed by atoms with Crippen LogP contribution in [0.3, 0.4) is 0 Å². The average Bonchev–Trinajstić information content (AvgIpc) is 1.88. The van der Waals surface area contributed by atoms with Gasteiger partial charge in [-0.05, 0) is 30.6 Å². The van der Waals surface area contributed by atoms with E-state index < -0.39 is 0 Å². The molecule has 0 radical (unpaired) electrons. The second kappa shape index (κ2) is 2.94. The van der Waals surface area contributed by atoms with E-state index in [9.17, 15) is 0 Å². The minimum absolute atomic E-state index is 0.740. The molecular formula is C10H20. The van der Waals surface area contributed by atoms with Crippen molar-refractivity contribution in [2.24, 2.45) is 11.3 Å². The van der Waals surface area contributed by atoms with Gasteiger partial charge in [0.25, 0.3) is 0 Å². The van der Waals surface area contributed by atoms with Gasteiger partial charge in [-0.15, -0.1) is 0 Å². The van der Waals surface area contributed by atoms with Crippen LogP contribution < -0.4 is 0 Å². The van der Waals surface area contributed by atoms with Crippen LogP contribution in [0.2, 0.25) is 0 Å². The lowest BCUT2D eigenvalue weighted by Gasteiger charge is -2.47. The van der Waals surface area contributed by atoms with Crippen molar-refractivity contribution in [3.05, 3.63) is 0 Å². The van der Waals surface area contributed by atoms with Crippen LogP contribution in [0.5, 0.6) is 0 Å². The third-order valence-corrected chi connectivity index (χ3v) is 3.36. The summed E-state index contributed by atoms with van der Waals surface area (Å²) in [5.74, 6) is 1.05. The highest BCUT2D eigenvalue weighted by molar-refractivity contribution is 4.90. The van der Waals surface area contributed by atoms with Gasteiger partial charge in [-0.2, -0.15) is 0 Å². The van der Waals surface area contributed by atoms with E-state index in [0.717, 1.165) is 11.3 Å². The first-order valence-corrected chi connectivity index (χ1v) is 4.73. The van der Waals surface area contributed by atoms with Crippen LogP contribution in [-0.2, 0) is 0 Å². The minimum atomic E-state index is 0.740. The summed E-state index contributed by atoms with van der Waals surface area (Å²) in [5.41, 5.74) is 0.740. The molecule has 0 aromatic heterocycles. The van der Waals surface area contributed by atoms with Gasteiger partial charge < -0.3 is 0 Å². The van der Waals surface area contributed by atoms with Crippen LogP contribution >= 0.6 is 0 Å². The lowest BCUT2D eigenvalue weighted by Crippen LogP contribution is -2.36. The fourth-order valence-electron chi connectivity index (χ4n) is 2.44. The molecular weight excluding hydrogens is 120 g/mol. The van der Waals surface area contributed by atoms with Crippen LogP contribution in [0.1, 0.15) is 52.9 Å². The predicted molar refractivity (Wildman–Crippen MR) is 46.0 cm³/mol. The summed E-state index contributed by atoms with van der Waals surface area (Å²) in [7, 11) is 0. The second-order valence-electron chi connectivity index (χ2n) is 4.05. The first-order valence-electron chi connectivity index (χ1n) is 4.73. The van der Waals surface area contributed by atoms with Gasteiger partial charge in [0, 0.05) is 0 Å². The van der Waals surface area contributed by atoms with E-state index in [4.69, 9.17) is 0 Å². The van der Waals surface area contributed by atoms with Gasteiger partial charge >= 0.3 is 0 Å². The van der Waals surface area contributed by atoms with Crippen LogP contribution in [0, 0.1) is 11.3 Å². The van der Waals surface area contributed by atoms with Crippen molar-refractivity contribution >= 4 is 0 Å². The molecule has 2 atom stereocenters. The highest BCUT2D eigenvalue weighted by Gasteiger charge is 2.39. The molecule has 0 aliphatic heterocycles. The molecule has 1 fully saturated rings. The fraction of sp³-hybridized carbons (Fsp3) is 1.00. The zero-order chi connectivity index (χ0) is 7.61. The first-order chi connectivity index (χ1) is 4.73. The Labute approximate surface area is 65.0 Å². The van der Waals surface area contributed by atoms with Crippen molar-refractivity contribution in [3.8, 4) is 0 Å². The van der Waals surface area contributed by atoms with Gasteiger partial charge in [0.1, 0.15) is 0 Å². The summed E-state index contributed by atoms with van der Waals surface area (Å²) in [6.45, 7) is 7.10. The highest BCUT2D eigenvalue weighted by Crippen LogP contribution is 2.51. The third kappa shape index (κ3) is 1.21. The zero-order valence-corrected chi connectivity index (χ0v) is 7.61. The van der Waals surface area contributed by atoms with Crippen LogP contribution in [0.25, 0.3) is 0 Å². The Kier molecular flexibility index (Phi) is 2.38. The largest absolute Gasteiger partial charge is 0.0654 e. The normalized spacial score (nSPS) is 39.3. The highest BCUT2D eigenvalue weighted by atomic mass is 14.4. The molecule has 1 rings (SSSR count). The monoisotopic (exact) mass is 140 g/mol. The molecule has 2 unspecified atom stereocenters. The quantitative estimate of drug-likeness (QED) is 0.561. The Morgan fingerprint density at radius 2 is 2.10 bits per heavy atom. The summed E-state index contributed by atoms with van der Waals surface area (Å²) in [5, 5.41) is 0. The van der Waals surface area contributed by atoms with Crippen molar-refractivity contribution in [1.29, 1.82) is 0 Å². The lowest BCUT2D eigenvalue weighted by molar-refractivity contribution is 0.0370. The van der Waals surface area contributed by atoms with E-state index in [1.54, 1.807) is 0 Å². The van der Waals surface area contributed by atoms with E-state index in [1.165, 1.54) is 32.1 Å². The summed E-state index contributed by atoms with van der Waals surface area (Å²) in [4.78, 5) is 0. The lowest BCUT2D eigenvalue weighted by atomic mass is 9.58. The maximum absolute atomic E-state index is 2.47.